The smallest absolute Gasteiger partial charge is 0.323 e. The Bertz CT molecular complexity index is 656. The zero-order chi connectivity index (χ0) is 16.7. The molecule has 1 aromatic carbocycles. The standard InChI is InChI=1S/C17H19NO3S2/c1-2-9-18(11-16(19)20)17(21)14-7-3-4-8-15(14)23-12-13-6-5-10-22-13/h3-8,10H,2,9,11-12H2,1H3,(H,19,20). The molecule has 0 saturated carbocycles. The van der Waals surface area contributed by atoms with Crippen LogP contribution >= 0.6 is 23.1 Å². The summed E-state index contributed by atoms with van der Waals surface area (Å²) in [6.07, 6.45) is 0.726. The van der Waals surface area contributed by atoms with Crippen molar-refractivity contribution in [1.29, 1.82) is 0 Å². The van der Waals surface area contributed by atoms with Crippen LogP contribution in [0.15, 0.2) is 46.7 Å². The first-order valence-corrected chi connectivity index (χ1v) is 9.23. The van der Waals surface area contributed by atoms with Crippen molar-refractivity contribution in [2.75, 3.05) is 13.1 Å². The van der Waals surface area contributed by atoms with E-state index < -0.39 is 5.97 Å². The van der Waals surface area contributed by atoms with Crippen LogP contribution in [0.3, 0.4) is 0 Å². The van der Waals surface area contributed by atoms with E-state index in [-0.39, 0.29) is 12.5 Å². The van der Waals surface area contributed by atoms with Crippen LogP contribution < -0.4 is 0 Å². The Kier molecular flexibility index (Phi) is 6.67. The van der Waals surface area contributed by atoms with Crippen molar-refractivity contribution in [2.45, 2.75) is 24.0 Å². The number of carbonyl (C=O) groups excluding carboxylic acids is 1. The number of thiophene rings is 1. The van der Waals surface area contributed by atoms with Crippen LogP contribution in [0.4, 0.5) is 0 Å². The summed E-state index contributed by atoms with van der Waals surface area (Å²) in [7, 11) is 0. The summed E-state index contributed by atoms with van der Waals surface area (Å²) in [5.41, 5.74) is 0.573. The number of aliphatic carboxylic acids is 1. The van der Waals surface area contributed by atoms with E-state index in [0.717, 1.165) is 17.1 Å². The molecule has 0 aliphatic heterocycles. The molecule has 0 aliphatic carbocycles. The predicted molar refractivity (Wildman–Crippen MR) is 94.2 cm³/mol. The SMILES string of the molecule is CCCN(CC(=O)O)C(=O)c1ccccc1SCc1cccs1. The Morgan fingerprint density at radius 1 is 1.22 bits per heavy atom. The van der Waals surface area contributed by atoms with E-state index in [1.54, 1.807) is 29.2 Å². The summed E-state index contributed by atoms with van der Waals surface area (Å²) in [6, 6.07) is 11.5. The van der Waals surface area contributed by atoms with Crippen LogP contribution in [-0.2, 0) is 10.5 Å². The van der Waals surface area contributed by atoms with Crippen molar-refractivity contribution in [1.82, 2.24) is 4.90 Å². The highest BCUT2D eigenvalue weighted by Crippen LogP contribution is 2.28. The molecular weight excluding hydrogens is 330 g/mol. The summed E-state index contributed by atoms with van der Waals surface area (Å²) in [5, 5.41) is 11.0. The van der Waals surface area contributed by atoms with E-state index >= 15 is 0 Å². The second-order valence-corrected chi connectivity index (χ2v) is 7.03. The van der Waals surface area contributed by atoms with E-state index in [1.807, 2.05) is 36.6 Å². The maximum absolute atomic E-state index is 12.7. The molecule has 4 nitrogen and oxygen atoms in total. The highest BCUT2D eigenvalue weighted by atomic mass is 32.2. The number of hydrogen-bond acceptors (Lipinski definition) is 4. The van der Waals surface area contributed by atoms with Crippen LogP contribution in [0.2, 0.25) is 0 Å². The van der Waals surface area contributed by atoms with Crippen LogP contribution in [0.1, 0.15) is 28.6 Å². The Hall–Kier alpha value is -1.79. The van der Waals surface area contributed by atoms with Crippen molar-refractivity contribution >= 4 is 35.0 Å². The second-order valence-electron chi connectivity index (χ2n) is 4.98. The number of rotatable bonds is 8. The van der Waals surface area contributed by atoms with Gasteiger partial charge in [0.1, 0.15) is 6.54 Å². The first kappa shape index (κ1) is 17.6. The van der Waals surface area contributed by atoms with Gasteiger partial charge in [0, 0.05) is 22.1 Å². The van der Waals surface area contributed by atoms with E-state index in [2.05, 4.69) is 6.07 Å². The molecule has 0 atom stereocenters. The monoisotopic (exact) mass is 349 g/mol. The van der Waals surface area contributed by atoms with Gasteiger partial charge in [-0.3, -0.25) is 9.59 Å². The van der Waals surface area contributed by atoms with E-state index in [9.17, 15) is 9.59 Å². The van der Waals surface area contributed by atoms with Gasteiger partial charge in [-0.15, -0.1) is 23.1 Å². The van der Waals surface area contributed by atoms with Crippen LogP contribution in [0.5, 0.6) is 0 Å². The fraction of sp³-hybridized carbons (Fsp3) is 0.294. The normalized spacial score (nSPS) is 10.5. The molecule has 0 spiro atoms. The van der Waals surface area contributed by atoms with Crippen molar-refractivity contribution in [3.8, 4) is 0 Å². The Morgan fingerprint density at radius 3 is 2.65 bits per heavy atom. The van der Waals surface area contributed by atoms with Crippen molar-refractivity contribution in [3.63, 3.8) is 0 Å². The van der Waals surface area contributed by atoms with E-state index in [4.69, 9.17) is 5.11 Å². The first-order valence-electron chi connectivity index (χ1n) is 7.37. The lowest BCUT2D eigenvalue weighted by atomic mass is 10.2. The fourth-order valence-corrected chi connectivity index (χ4v) is 3.99. The summed E-state index contributed by atoms with van der Waals surface area (Å²) in [4.78, 5) is 27.2. The molecule has 1 amide bonds. The number of carbonyl (C=O) groups is 2. The van der Waals surface area contributed by atoms with Crippen LogP contribution in [0.25, 0.3) is 0 Å². The number of nitrogens with zero attached hydrogens (tertiary/aromatic N) is 1. The van der Waals surface area contributed by atoms with Gasteiger partial charge in [0.15, 0.2) is 0 Å². The molecular formula is C17H19NO3S2. The van der Waals surface area contributed by atoms with Gasteiger partial charge < -0.3 is 10.0 Å². The van der Waals surface area contributed by atoms with Gasteiger partial charge in [-0.2, -0.15) is 0 Å². The summed E-state index contributed by atoms with van der Waals surface area (Å²) >= 11 is 3.29. The number of carboxylic acid groups (broad SMARTS) is 1. The number of benzene rings is 1. The molecule has 2 aromatic rings. The second kappa shape index (κ2) is 8.74. The molecule has 1 aromatic heterocycles. The highest BCUT2D eigenvalue weighted by Gasteiger charge is 2.20. The maximum Gasteiger partial charge on any atom is 0.323 e. The topological polar surface area (TPSA) is 57.6 Å². The fourth-order valence-electron chi connectivity index (χ4n) is 2.17. The highest BCUT2D eigenvalue weighted by molar-refractivity contribution is 7.98. The Morgan fingerprint density at radius 2 is 2.00 bits per heavy atom. The molecule has 0 aliphatic rings. The van der Waals surface area contributed by atoms with Gasteiger partial charge in [0.05, 0.1) is 5.56 Å². The largest absolute Gasteiger partial charge is 0.480 e. The minimum Gasteiger partial charge on any atom is -0.480 e. The third kappa shape index (κ3) is 5.11. The number of hydrogen-bond donors (Lipinski definition) is 1. The zero-order valence-corrected chi connectivity index (χ0v) is 14.5. The minimum absolute atomic E-state index is 0.219. The molecule has 122 valence electrons. The Labute approximate surface area is 144 Å². The maximum atomic E-state index is 12.7. The lowest BCUT2D eigenvalue weighted by Crippen LogP contribution is -2.36. The number of thioether (sulfide) groups is 1. The van der Waals surface area contributed by atoms with E-state index in [0.29, 0.717) is 12.1 Å². The quantitative estimate of drug-likeness (QED) is 0.733. The van der Waals surface area contributed by atoms with Crippen LogP contribution in [-0.4, -0.2) is 35.0 Å². The summed E-state index contributed by atoms with van der Waals surface area (Å²) in [6.45, 7) is 2.10. The van der Waals surface area contributed by atoms with Crippen LogP contribution in [0, 0.1) is 0 Å². The van der Waals surface area contributed by atoms with Crippen molar-refractivity contribution < 1.29 is 14.7 Å². The average molecular weight is 349 g/mol. The zero-order valence-electron chi connectivity index (χ0n) is 12.9. The molecule has 0 unspecified atom stereocenters. The summed E-state index contributed by atoms with van der Waals surface area (Å²) < 4.78 is 0. The predicted octanol–water partition coefficient (Wildman–Crippen LogP) is 3.98. The lowest BCUT2D eigenvalue weighted by Gasteiger charge is -2.21. The summed E-state index contributed by atoms with van der Waals surface area (Å²) in [5.74, 6) is -0.409. The van der Waals surface area contributed by atoms with Gasteiger partial charge in [-0.05, 0) is 30.0 Å². The van der Waals surface area contributed by atoms with E-state index in [1.165, 1.54) is 9.78 Å². The number of amides is 1. The molecule has 1 heterocycles. The van der Waals surface area contributed by atoms with Gasteiger partial charge in [-0.25, -0.2) is 0 Å². The van der Waals surface area contributed by atoms with Crippen molar-refractivity contribution in [2.24, 2.45) is 0 Å². The van der Waals surface area contributed by atoms with Gasteiger partial charge >= 0.3 is 5.97 Å². The molecule has 23 heavy (non-hydrogen) atoms. The lowest BCUT2D eigenvalue weighted by molar-refractivity contribution is -0.137. The third-order valence-electron chi connectivity index (χ3n) is 3.17. The van der Waals surface area contributed by atoms with Gasteiger partial charge in [-0.1, -0.05) is 25.1 Å². The minimum atomic E-state index is -0.990. The molecule has 1 N–H and O–H groups in total. The van der Waals surface area contributed by atoms with Gasteiger partial charge in [0.25, 0.3) is 5.91 Å². The molecule has 0 bridgehead atoms. The third-order valence-corrected chi connectivity index (χ3v) is 5.36. The molecule has 0 radical (unpaired) electrons. The Balaban J connectivity index is 2.16. The molecule has 0 saturated heterocycles. The molecule has 6 heteroatoms. The molecule has 0 fully saturated rings. The average Bonchev–Trinajstić information content (AvgIpc) is 3.05. The van der Waals surface area contributed by atoms with Crippen molar-refractivity contribution in [3.05, 3.63) is 52.2 Å². The van der Waals surface area contributed by atoms with Gasteiger partial charge in [0.2, 0.25) is 0 Å². The first-order chi connectivity index (χ1) is 11.1. The number of carboxylic acids is 1. The molecule has 2 rings (SSSR count).